The third-order valence-electron chi connectivity index (χ3n) is 22.8. The van der Waals surface area contributed by atoms with Gasteiger partial charge in [0.2, 0.25) is 0 Å². The lowest BCUT2D eigenvalue weighted by Gasteiger charge is -2.31. The van der Waals surface area contributed by atoms with Crippen LogP contribution >= 0.6 is 0 Å². The summed E-state index contributed by atoms with van der Waals surface area (Å²) in [5, 5.41) is 0. The fourth-order valence-electron chi connectivity index (χ4n) is 16.4. The van der Waals surface area contributed by atoms with Crippen molar-refractivity contribution in [1.82, 2.24) is 9.80 Å². The number of ether oxygens (including phenoxy) is 5. The highest BCUT2D eigenvalue weighted by molar-refractivity contribution is 5.67. The van der Waals surface area contributed by atoms with Crippen LogP contribution in [-0.4, -0.2) is 86.1 Å². The molecule has 0 bridgehead atoms. The quantitative estimate of drug-likeness (QED) is 0.0475. The first-order valence-electron chi connectivity index (χ1n) is 46.1. The number of allylic oxidation sites excluding steroid dienone is 16. The molecule has 1 amide bonds. The van der Waals surface area contributed by atoms with Crippen LogP contribution in [0.4, 0.5) is 4.79 Å². The van der Waals surface area contributed by atoms with Gasteiger partial charge < -0.3 is 33.5 Å². The maximum atomic E-state index is 12.8. The Morgan fingerprint density at radius 1 is 0.346 bits per heavy atom. The van der Waals surface area contributed by atoms with E-state index < -0.39 is 5.79 Å². The first-order valence-corrected chi connectivity index (χ1v) is 46.1. The lowest BCUT2D eigenvalue weighted by atomic mass is 9.85. The van der Waals surface area contributed by atoms with Crippen molar-refractivity contribution in [3.8, 4) is 0 Å². The molecule has 4 fully saturated rings. The molecule has 8 heteroatoms. The molecule has 107 heavy (non-hydrogen) atoms. The van der Waals surface area contributed by atoms with Gasteiger partial charge in [0, 0.05) is 45.8 Å². The van der Waals surface area contributed by atoms with Gasteiger partial charge in [0.25, 0.3) is 0 Å². The highest BCUT2D eigenvalue weighted by Crippen LogP contribution is 2.46. The molecule has 6 atom stereocenters. The van der Waals surface area contributed by atoms with Crippen LogP contribution in [0.15, 0.2) is 128 Å². The van der Waals surface area contributed by atoms with Crippen LogP contribution in [0.3, 0.4) is 0 Å². The zero-order valence-corrected chi connectivity index (χ0v) is 71.1. The molecule has 0 radical (unpaired) electrons. The molecule has 2 saturated carbocycles. The standard InChI is InChI=1S/C53H87NO4.C46H83NO2/c1-4-6-8-10-12-14-16-18-20-22-24-26-28-30-32-37-43-53(44-38-33-31-29-27-25-23-21-19-17-15-13-11-9-7-5-2)57-50-42-41-49(45-51(50)58-53)46-54(3)52(55)56-47-48-39-35-34-36-40-48;1-5-7-9-11-13-15-17-19-21-23-25-27-29-31-33-35-39-46(48-44-38-37-43(42-47(3)4)41-45(44)49-46)40-36-34-32-30-28-26-24-22-20-18-16-14-12-10-8-6-2/h12-15,18-21,34-36,39-40,49-51H,4-11,16-17,22-33,37-38,41-47H2,1-3H3;13-16,19-22,43-45H,5-12,17-18,23-42H2,1-4H3/b14-12-,15-13-,20-18-,21-19-;15-13-,16-14-,21-19-,22-20-/t49-,50-,51+;43-,44-,45+/m00/s1. The van der Waals surface area contributed by atoms with Gasteiger partial charge in [-0.3, -0.25) is 0 Å². The number of benzene rings is 1. The molecule has 2 aliphatic carbocycles. The zero-order chi connectivity index (χ0) is 76.3. The Labute approximate surface area is 662 Å². The van der Waals surface area contributed by atoms with Crippen molar-refractivity contribution in [3.05, 3.63) is 133 Å². The van der Waals surface area contributed by atoms with E-state index >= 15 is 0 Å². The average Bonchev–Trinajstić information content (AvgIpc) is 1.65. The number of nitrogens with zero attached hydrogens (tertiary/aromatic N) is 2. The lowest BCUT2D eigenvalue weighted by molar-refractivity contribution is -0.186. The van der Waals surface area contributed by atoms with Crippen LogP contribution in [0, 0.1) is 11.8 Å². The second-order valence-electron chi connectivity index (χ2n) is 33.3. The number of hydrogen-bond acceptors (Lipinski definition) is 7. The fourth-order valence-corrected chi connectivity index (χ4v) is 16.4. The normalized spacial score (nSPS) is 20.1. The molecule has 1 aromatic carbocycles. The third kappa shape index (κ3) is 50.0. The van der Waals surface area contributed by atoms with Crippen LogP contribution in [0.1, 0.15) is 406 Å². The van der Waals surface area contributed by atoms with Gasteiger partial charge in [0.05, 0.1) is 24.4 Å². The van der Waals surface area contributed by atoms with E-state index in [1.165, 1.54) is 308 Å². The molecule has 612 valence electrons. The number of hydrogen-bond donors (Lipinski definition) is 0. The SMILES string of the molecule is CCCCC/C=C\C/C=C\CCCCCCCCC1(CCCCCCCC/C=C\C/C=C\CCCCC)O[C@H]2CC[C@H](CN(C)C(=O)OCc3ccccc3)C[C@H]2O1.CCCCC/C=C\C/C=C\CCCCCCCCC1(CCCCCCCC/C=C\C/C=C\CCCCC)O[C@H]2CC[C@H](CN(C)C)C[C@H]2O1. The minimum Gasteiger partial charge on any atom is -0.445 e. The molecular weight excluding hydrogens is 1310 g/mol. The molecule has 2 saturated heterocycles. The summed E-state index contributed by atoms with van der Waals surface area (Å²) in [6.07, 6.45) is 111. The predicted molar refractivity (Wildman–Crippen MR) is 463 cm³/mol. The Morgan fingerprint density at radius 3 is 0.916 bits per heavy atom. The fraction of sp³-hybridized carbons (Fsp3) is 0.768. The minimum atomic E-state index is -0.435. The summed E-state index contributed by atoms with van der Waals surface area (Å²) in [5.74, 6) is 0.403. The van der Waals surface area contributed by atoms with Gasteiger partial charge in [0.1, 0.15) is 6.61 Å². The summed E-state index contributed by atoms with van der Waals surface area (Å²) < 4.78 is 33.4. The van der Waals surface area contributed by atoms with Gasteiger partial charge >= 0.3 is 6.09 Å². The van der Waals surface area contributed by atoms with Crippen LogP contribution in [0.2, 0.25) is 0 Å². The Hall–Kier alpha value is -3.79. The van der Waals surface area contributed by atoms with E-state index in [0.29, 0.717) is 31.3 Å². The molecule has 0 unspecified atom stereocenters. The number of fused-ring (bicyclic) bond motifs is 2. The smallest absolute Gasteiger partial charge is 0.409 e. The Kier molecular flexibility index (Phi) is 59.7. The van der Waals surface area contributed by atoms with Gasteiger partial charge in [-0.25, -0.2) is 4.79 Å². The zero-order valence-electron chi connectivity index (χ0n) is 71.1. The Bertz CT molecular complexity index is 2340. The van der Waals surface area contributed by atoms with Crippen molar-refractivity contribution < 1.29 is 28.5 Å². The van der Waals surface area contributed by atoms with Crippen molar-refractivity contribution >= 4 is 6.09 Å². The molecule has 8 nitrogen and oxygen atoms in total. The topological polar surface area (TPSA) is 69.7 Å². The summed E-state index contributed by atoms with van der Waals surface area (Å²) in [7, 11) is 6.28. The Morgan fingerprint density at radius 2 is 0.617 bits per heavy atom. The minimum absolute atomic E-state index is 0.127. The maximum absolute atomic E-state index is 12.8. The largest absolute Gasteiger partial charge is 0.445 e. The number of rotatable bonds is 66. The van der Waals surface area contributed by atoms with Gasteiger partial charge in [-0.15, -0.1) is 0 Å². The van der Waals surface area contributed by atoms with E-state index in [2.05, 4.69) is 144 Å². The van der Waals surface area contributed by atoms with Gasteiger partial charge in [-0.1, -0.05) is 309 Å². The second-order valence-corrected chi connectivity index (χ2v) is 33.3. The number of amides is 1. The van der Waals surface area contributed by atoms with Gasteiger partial charge in [-0.2, -0.15) is 0 Å². The summed E-state index contributed by atoms with van der Waals surface area (Å²) in [5.41, 5.74) is 1.01. The Balaban J connectivity index is 0.000000459. The second kappa shape index (κ2) is 66.8. The van der Waals surface area contributed by atoms with E-state index in [1.54, 1.807) is 4.90 Å². The molecular formula is C99H170N2O6. The van der Waals surface area contributed by atoms with Crippen molar-refractivity contribution in [2.75, 3.05) is 34.2 Å². The van der Waals surface area contributed by atoms with E-state index in [4.69, 9.17) is 23.7 Å². The molecule has 1 aromatic rings. The number of carbonyl (C=O) groups is 1. The molecule has 0 spiro atoms. The maximum Gasteiger partial charge on any atom is 0.409 e. The van der Waals surface area contributed by atoms with Gasteiger partial charge in [-0.05, 0) is 224 Å². The first kappa shape index (κ1) is 95.6. The monoisotopic (exact) mass is 1480 g/mol. The summed E-state index contributed by atoms with van der Waals surface area (Å²) in [6, 6.07) is 9.91. The summed E-state index contributed by atoms with van der Waals surface area (Å²) in [6.45, 7) is 11.3. The highest BCUT2D eigenvalue weighted by atomic mass is 16.8. The van der Waals surface area contributed by atoms with Crippen LogP contribution in [0.5, 0.6) is 0 Å². The highest BCUT2D eigenvalue weighted by Gasteiger charge is 2.50. The van der Waals surface area contributed by atoms with Gasteiger partial charge in [0.15, 0.2) is 11.6 Å². The van der Waals surface area contributed by atoms with Crippen LogP contribution < -0.4 is 0 Å². The molecule has 5 rings (SSSR count). The van der Waals surface area contributed by atoms with Crippen LogP contribution in [-0.2, 0) is 30.3 Å². The van der Waals surface area contributed by atoms with Crippen molar-refractivity contribution in [2.45, 2.75) is 443 Å². The lowest BCUT2D eigenvalue weighted by Crippen LogP contribution is -2.38. The number of unbranched alkanes of at least 4 members (excludes halogenated alkanes) is 36. The summed E-state index contributed by atoms with van der Waals surface area (Å²) >= 11 is 0. The number of carbonyl (C=O) groups excluding carboxylic acids is 1. The molecule has 0 aromatic heterocycles. The van der Waals surface area contributed by atoms with Crippen molar-refractivity contribution in [3.63, 3.8) is 0 Å². The molecule has 0 N–H and O–H groups in total. The average molecular weight is 1480 g/mol. The molecule has 4 aliphatic rings. The summed E-state index contributed by atoms with van der Waals surface area (Å²) in [4.78, 5) is 16.9. The van der Waals surface area contributed by atoms with Crippen molar-refractivity contribution in [1.29, 1.82) is 0 Å². The molecule has 2 aliphatic heterocycles. The predicted octanol–water partition coefficient (Wildman–Crippen LogP) is 30.2. The van der Waals surface area contributed by atoms with E-state index in [9.17, 15) is 4.79 Å². The first-order chi connectivity index (χ1) is 52.6. The van der Waals surface area contributed by atoms with E-state index in [0.717, 1.165) is 82.1 Å². The molecule has 2 heterocycles. The van der Waals surface area contributed by atoms with E-state index in [1.807, 2.05) is 37.4 Å². The third-order valence-corrected chi connectivity index (χ3v) is 22.8. The van der Waals surface area contributed by atoms with E-state index in [-0.39, 0.29) is 24.1 Å². The van der Waals surface area contributed by atoms with Crippen molar-refractivity contribution in [2.24, 2.45) is 11.8 Å². The van der Waals surface area contributed by atoms with Crippen LogP contribution in [0.25, 0.3) is 0 Å².